The molecule has 4 rings (SSSR count). The first-order chi connectivity index (χ1) is 16.8. The number of nitro benzene ring substituents is 1. The maximum Gasteiger partial charge on any atom is 0.269 e. The number of non-ortho nitro benzene ring substituents is 1. The summed E-state index contributed by atoms with van der Waals surface area (Å²) in [6.45, 7) is 0.0300. The van der Waals surface area contributed by atoms with Gasteiger partial charge in [-0.15, -0.1) is 0 Å². The van der Waals surface area contributed by atoms with Crippen molar-refractivity contribution >= 4 is 28.4 Å². The Kier molecular flexibility index (Phi) is 6.58. The molecule has 0 aliphatic heterocycles. The van der Waals surface area contributed by atoms with Crippen LogP contribution in [0, 0.1) is 39.2 Å². The van der Waals surface area contributed by atoms with E-state index in [2.05, 4.69) is 5.10 Å². The Morgan fingerprint density at radius 2 is 1.49 bits per heavy atom. The maximum absolute atomic E-state index is 13.9. The van der Waals surface area contributed by atoms with E-state index in [1.807, 2.05) is 5.43 Å². The van der Waals surface area contributed by atoms with Crippen molar-refractivity contribution in [1.82, 2.24) is 0 Å². The number of ether oxygens (including phenoxy) is 1. The molecule has 35 heavy (non-hydrogen) atoms. The Balaban J connectivity index is 1.64. The smallest absolute Gasteiger partial charge is 0.269 e. The predicted octanol–water partition coefficient (Wildman–Crippen LogP) is 6.47. The summed E-state index contributed by atoms with van der Waals surface area (Å²) < 4.78 is 73.8. The van der Waals surface area contributed by atoms with Gasteiger partial charge in [-0.2, -0.15) is 5.10 Å². The minimum absolute atomic E-state index is 0.0300. The van der Waals surface area contributed by atoms with E-state index < -0.39 is 39.7 Å². The number of anilines is 1. The van der Waals surface area contributed by atoms with Gasteiger partial charge in [0.05, 0.1) is 11.1 Å². The van der Waals surface area contributed by atoms with Crippen LogP contribution in [0.4, 0.5) is 33.3 Å². The number of fused-ring (bicyclic) bond motifs is 1. The Bertz CT molecular complexity index is 1430. The highest BCUT2D eigenvalue weighted by Crippen LogP contribution is 2.29. The lowest BCUT2D eigenvalue weighted by atomic mass is 10.0. The summed E-state index contributed by atoms with van der Waals surface area (Å²) in [5, 5.41) is 15.9. The molecule has 0 aliphatic carbocycles. The van der Waals surface area contributed by atoms with Crippen molar-refractivity contribution in [2.75, 3.05) is 5.43 Å². The molecule has 0 aliphatic rings. The molecule has 178 valence electrons. The highest BCUT2D eigenvalue weighted by atomic mass is 19.2. The molecule has 1 N–H and O–H groups in total. The van der Waals surface area contributed by atoms with E-state index in [1.54, 1.807) is 36.4 Å². The Morgan fingerprint density at radius 1 is 0.857 bits per heavy atom. The van der Waals surface area contributed by atoms with Gasteiger partial charge in [0.1, 0.15) is 18.0 Å². The van der Waals surface area contributed by atoms with Crippen molar-refractivity contribution in [3.05, 3.63) is 111 Å². The second kappa shape index (κ2) is 9.75. The van der Waals surface area contributed by atoms with Crippen LogP contribution < -0.4 is 10.2 Å². The van der Waals surface area contributed by atoms with Crippen LogP contribution >= 0.6 is 0 Å². The molecule has 4 aromatic rings. The van der Waals surface area contributed by atoms with E-state index in [1.165, 1.54) is 24.3 Å². The Hall–Kier alpha value is -4.54. The van der Waals surface area contributed by atoms with Crippen LogP contribution in [0.15, 0.2) is 65.8 Å². The fourth-order valence-electron chi connectivity index (χ4n) is 3.27. The van der Waals surface area contributed by atoms with Crippen LogP contribution in [0.1, 0.15) is 11.1 Å². The first kappa shape index (κ1) is 23.6. The van der Waals surface area contributed by atoms with Crippen LogP contribution in [0.2, 0.25) is 0 Å². The molecule has 6 nitrogen and oxygen atoms in total. The SMILES string of the molecule is O=[N+]([O-])c1ccc(COc2ccc3ccccc3c2C=NNc2c(F)c(F)c(F)c(F)c2F)cc1. The van der Waals surface area contributed by atoms with Crippen molar-refractivity contribution in [1.29, 1.82) is 0 Å². The molecular formula is C24H14F5N3O3. The third-order valence-electron chi connectivity index (χ3n) is 5.05. The third kappa shape index (κ3) is 4.74. The lowest BCUT2D eigenvalue weighted by Crippen LogP contribution is -2.07. The largest absolute Gasteiger partial charge is 0.488 e. The van der Waals surface area contributed by atoms with Crippen LogP contribution in [0.3, 0.4) is 0 Å². The average molecular weight is 487 g/mol. The molecule has 0 radical (unpaired) electrons. The molecule has 0 amide bonds. The fourth-order valence-corrected chi connectivity index (χ4v) is 3.27. The molecular weight excluding hydrogens is 473 g/mol. The quantitative estimate of drug-likeness (QED) is 0.0810. The van der Waals surface area contributed by atoms with Gasteiger partial charge < -0.3 is 4.74 Å². The summed E-state index contributed by atoms with van der Waals surface area (Å²) in [6, 6.07) is 16.1. The molecule has 0 fully saturated rings. The first-order valence-corrected chi connectivity index (χ1v) is 9.96. The summed E-state index contributed by atoms with van der Waals surface area (Å²) in [6.07, 6.45) is 1.13. The van der Waals surface area contributed by atoms with Gasteiger partial charge >= 0.3 is 0 Å². The zero-order valence-electron chi connectivity index (χ0n) is 17.6. The van der Waals surface area contributed by atoms with Gasteiger partial charge in [0.15, 0.2) is 23.3 Å². The number of nitrogens with one attached hydrogen (secondary N) is 1. The first-order valence-electron chi connectivity index (χ1n) is 9.96. The van der Waals surface area contributed by atoms with Crippen molar-refractivity contribution < 1.29 is 31.6 Å². The van der Waals surface area contributed by atoms with Gasteiger partial charge in [0.2, 0.25) is 5.82 Å². The summed E-state index contributed by atoms with van der Waals surface area (Å²) in [5.74, 6) is -10.3. The molecule has 0 saturated heterocycles. The summed E-state index contributed by atoms with van der Waals surface area (Å²) in [7, 11) is 0. The topological polar surface area (TPSA) is 76.8 Å². The number of benzene rings is 4. The molecule has 0 unspecified atom stereocenters. The summed E-state index contributed by atoms with van der Waals surface area (Å²) in [4.78, 5) is 10.3. The number of hydrogen-bond donors (Lipinski definition) is 1. The average Bonchev–Trinajstić information content (AvgIpc) is 2.87. The van der Waals surface area contributed by atoms with E-state index in [4.69, 9.17) is 4.74 Å². The molecule has 4 aromatic carbocycles. The zero-order chi connectivity index (χ0) is 25.1. The van der Waals surface area contributed by atoms with Gasteiger partial charge in [0.25, 0.3) is 5.69 Å². The summed E-state index contributed by atoms with van der Waals surface area (Å²) in [5.41, 5.74) is 1.49. The number of nitro groups is 1. The maximum atomic E-state index is 13.9. The van der Waals surface area contributed by atoms with Gasteiger partial charge in [-0.1, -0.05) is 30.3 Å². The molecule has 0 spiro atoms. The summed E-state index contributed by atoms with van der Waals surface area (Å²) >= 11 is 0. The van der Waals surface area contributed by atoms with Crippen molar-refractivity contribution in [2.45, 2.75) is 6.61 Å². The van der Waals surface area contributed by atoms with Crippen molar-refractivity contribution in [2.24, 2.45) is 5.10 Å². The second-order valence-corrected chi connectivity index (χ2v) is 7.23. The molecule has 0 bridgehead atoms. The second-order valence-electron chi connectivity index (χ2n) is 7.23. The Labute approximate surface area is 194 Å². The van der Waals surface area contributed by atoms with E-state index in [0.717, 1.165) is 11.6 Å². The van der Waals surface area contributed by atoms with E-state index >= 15 is 0 Å². The third-order valence-corrected chi connectivity index (χ3v) is 5.05. The molecule has 11 heteroatoms. The molecule has 0 saturated carbocycles. The fraction of sp³-hybridized carbons (Fsp3) is 0.0417. The predicted molar refractivity (Wildman–Crippen MR) is 119 cm³/mol. The van der Waals surface area contributed by atoms with Crippen molar-refractivity contribution in [3.8, 4) is 5.75 Å². The van der Waals surface area contributed by atoms with Gasteiger partial charge in [-0.05, 0) is 34.5 Å². The standard InChI is InChI=1S/C24H14F5N3O3/c25-19-20(26)22(28)24(23(29)21(19)27)31-30-11-17-16-4-2-1-3-14(16)7-10-18(17)35-12-13-5-8-15(9-6-13)32(33)34/h1-11,31H,12H2. The van der Waals surface area contributed by atoms with Crippen LogP contribution in [0.25, 0.3) is 10.8 Å². The van der Waals surface area contributed by atoms with Crippen LogP contribution in [-0.4, -0.2) is 11.1 Å². The monoisotopic (exact) mass is 487 g/mol. The number of rotatable bonds is 7. The van der Waals surface area contributed by atoms with Crippen molar-refractivity contribution in [3.63, 3.8) is 0 Å². The number of halogens is 5. The minimum Gasteiger partial charge on any atom is -0.488 e. The van der Waals surface area contributed by atoms with Gasteiger partial charge in [0, 0.05) is 17.7 Å². The number of hydrazone groups is 1. The minimum atomic E-state index is -2.27. The Morgan fingerprint density at radius 3 is 2.14 bits per heavy atom. The molecule has 0 aromatic heterocycles. The van der Waals surface area contributed by atoms with E-state index in [-0.39, 0.29) is 12.3 Å². The normalized spacial score (nSPS) is 11.2. The molecule has 0 atom stereocenters. The highest BCUT2D eigenvalue weighted by Gasteiger charge is 2.25. The zero-order valence-corrected chi connectivity index (χ0v) is 17.6. The lowest BCUT2D eigenvalue weighted by Gasteiger charge is -2.12. The van der Waals surface area contributed by atoms with Gasteiger partial charge in [-0.3, -0.25) is 15.5 Å². The van der Waals surface area contributed by atoms with Crippen LogP contribution in [-0.2, 0) is 6.61 Å². The van der Waals surface area contributed by atoms with Crippen LogP contribution in [0.5, 0.6) is 5.75 Å². The molecule has 0 heterocycles. The van der Waals surface area contributed by atoms with Gasteiger partial charge in [-0.25, -0.2) is 22.0 Å². The van der Waals surface area contributed by atoms with E-state index in [0.29, 0.717) is 22.3 Å². The lowest BCUT2D eigenvalue weighted by molar-refractivity contribution is -0.384. The number of nitrogens with zero attached hydrogens (tertiary/aromatic N) is 2. The van der Waals surface area contributed by atoms with E-state index in [9.17, 15) is 32.1 Å². The number of hydrogen-bond acceptors (Lipinski definition) is 5. The highest BCUT2D eigenvalue weighted by molar-refractivity contribution is 6.02.